The van der Waals surface area contributed by atoms with Gasteiger partial charge in [-0.15, -0.1) is 0 Å². The van der Waals surface area contributed by atoms with Gasteiger partial charge in [0.1, 0.15) is 0 Å². The highest BCUT2D eigenvalue weighted by Crippen LogP contribution is 2.25. The van der Waals surface area contributed by atoms with E-state index in [0.29, 0.717) is 5.69 Å². The van der Waals surface area contributed by atoms with Crippen molar-refractivity contribution < 1.29 is 14.6 Å². The summed E-state index contributed by atoms with van der Waals surface area (Å²) in [6, 6.07) is 20.2. The Morgan fingerprint density at radius 3 is 2.04 bits per heavy atom. The normalized spacial score (nSPS) is 10.3. The number of carbonyl (C=O) groups is 1. The third-order valence-electron chi connectivity index (χ3n) is 4.11. The lowest BCUT2D eigenvalue weighted by molar-refractivity contribution is -0.385. The summed E-state index contributed by atoms with van der Waals surface area (Å²) in [5.74, 6) is -0.417. The lowest BCUT2D eigenvalue weighted by Gasteiger charge is -2.23. The van der Waals surface area contributed by atoms with E-state index in [1.54, 1.807) is 6.07 Å². The van der Waals surface area contributed by atoms with E-state index in [0.717, 1.165) is 5.56 Å². The summed E-state index contributed by atoms with van der Waals surface area (Å²) < 4.78 is 0. The number of nitro benzene ring substituents is 2. The topological polar surface area (TPSA) is 107 Å². The predicted octanol–water partition coefficient (Wildman–Crippen LogP) is 4.35. The molecule has 0 spiro atoms. The van der Waals surface area contributed by atoms with Crippen LogP contribution in [0.5, 0.6) is 0 Å². The minimum Gasteiger partial charge on any atom is -0.304 e. The van der Waals surface area contributed by atoms with Crippen LogP contribution in [0.4, 0.5) is 17.1 Å². The molecule has 0 unspecified atom stereocenters. The van der Waals surface area contributed by atoms with Crippen molar-refractivity contribution in [2.75, 3.05) is 4.90 Å². The molecule has 0 saturated heterocycles. The van der Waals surface area contributed by atoms with Gasteiger partial charge in [0, 0.05) is 29.8 Å². The molecule has 1 amide bonds. The van der Waals surface area contributed by atoms with Gasteiger partial charge in [0.05, 0.1) is 22.1 Å². The van der Waals surface area contributed by atoms with E-state index in [1.165, 1.54) is 47.4 Å². The summed E-state index contributed by atoms with van der Waals surface area (Å²) in [7, 11) is 0. The molecule has 0 aliphatic heterocycles. The highest BCUT2D eigenvalue weighted by atomic mass is 16.6. The molecule has 3 aromatic carbocycles. The zero-order chi connectivity index (χ0) is 20.1. The number of hydrogen-bond donors (Lipinski definition) is 0. The molecule has 0 bridgehead atoms. The van der Waals surface area contributed by atoms with E-state index in [2.05, 4.69) is 0 Å². The Bertz CT molecular complexity index is 1020. The van der Waals surface area contributed by atoms with E-state index in [1.807, 2.05) is 30.3 Å². The molecule has 8 heteroatoms. The average molecular weight is 377 g/mol. The second-order valence-corrected chi connectivity index (χ2v) is 5.96. The molecule has 0 heterocycles. The maximum Gasteiger partial charge on any atom is 0.271 e. The summed E-state index contributed by atoms with van der Waals surface area (Å²) in [5.41, 5.74) is 1.19. The first kappa shape index (κ1) is 18.7. The Kier molecular flexibility index (Phi) is 5.40. The number of rotatable bonds is 6. The van der Waals surface area contributed by atoms with Gasteiger partial charge in [-0.2, -0.15) is 0 Å². The van der Waals surface area contributed by atoms with Gasteiger partial charge in [0.2, 0.25) is 0 Å². The van der Waals surface area contributed by atoms with Crippen LogP contribution in [0.2, 0.25) is 0 Å². The quantitative estimate of drug-likeness (QED) is 0.469. The summed E-state index contributed by atoms with van der Waals surface area (Å²) in [6.45, 7) is 0.192. The maximum atomic E-state index is 13.1. The largest absolute Gasteiger partial charge is 0.304 e. The monoisotopic (exact) mass is 377 g/mol. The summed E-state index contributed by atoms with van der Waals surface area (Å²) in [5, 5.41) is 21.9. The van der Waals surface area contributed by atoms with Gasteiger partial charge in [-0.25, -0.2) is 0 Å². The first-order valence-electron chi connectivity index (χ1n) is 8.30. The molecule has 0 saturated carbocycles. The van der Waals surface area contributed by atoms with Gasteiger partial charge < -0.3 is 4.90 Å². The van der Waals surface area contributed by atoms with E-state index in [9.17, 15) is 25.0 Å². The summed E-state index contributed by atoms with van der Waals surface area (Å²) >= 11 is 0. The minimum absolute atomic E-state index is 0.124. The van der Waals surface area contributed by atoms with Crippen molar-refractivity contribution in [3.05, 3.63) is 110 Å². The van der Waals surface area contributed by atoms with Crippen molar-refractivity contribution in [1.29, 1.82) is 0 Å². The van der Waals surface area contributed by atoms with Gasteiger partial charge in [-0.3, -0.25) is 25.0 Å². The van der Waals surface area contributed by atoms with Crippen molar-refractivity contribution in [2.45, 2.75) is 6.54 Å². The second kappa shape index (κ2) is 8.09. The molecule has 0 aliphatic carbocycles. The number of carbonyl (C=O) groups excluding carboxylic acids is 1. The molecule has 0 aromatic heterocycles. The van der Waals surface area contributed by atoms with E-state index in [4.69, 9.17) is 0 Å². The number of benzene rings is 3. The number of hydrogen-bond acceptors (Lipinski definition) is 5. The van der Waals surface area contributed by atoms with Crippen LogP contribution in [0.3, 0.4) is 0 Å². The Hall–Kier alpha value is -4.07. The number of anilines is 1. The fourth-order valence-electron chi connectivity index (χ4n) is 2.70. The lowest BCUT2D eigenvalue weighted by atomic mass is 10.1. The molecule has 28 heavy (non-hydrogen) atoms. The molecule has 3 rings (SSSR count). The van der Waals surface area contributed by atoms with E-state index in [-0.39, 0.29) is 23.5 Å². The third-order valence-corrected chi connectivity index (χ3v) is 4.11. The Morgan fingerprint density at radius 1 is 0.786 bits per heavy atom. The molecular formula is C20H15N3O5. The van der Waals surface area contributed by atoms with Crippen molar-refractivity contribution in [2.24, 2.45) is 0 Å². The number of amides is 1. The summed E-state index contributed by atoms with van der Waals surface area (Å²) in [4.78, 5) is 35.4. The molecule has 0 radical (unpaired) electrons. The Morgan fingerprint density at radius 2 is 1.43 bits per heavy atom. The zero-order valence-electron chi connectivity index (χ0n) is 14.6. The maximum absolute atomic E-state index is 13.1. The van der Waals surface area contributed by atoms with E-state index < -0.39 is 15.8 Å². The van der Waals surface area contributed by atoms with Crippen LogP contribution in [-0.2, 0) is 6.54 Å². The lowest BCUT2D eigenvalue weighted by Crippen LogP contribution is -2.30. The van der Waals surface area contributed by atoms with Crippen LogP contribution in [0, 0.1) is 20.2 Å². The molecule has 0 N–H and O–H groups in total. The Balaban J connectivity index is 2.00. The van der Waals surface area contributed by atoms with Crippen molar-refractivity contribution in [1.82, 2.24) is 0 Å². The standard InChI is InChI=1S/C20H15N3O5/c24-20(16-9-11-17(12-10-16)22(25)26)21(14-15-5-2-1-3-6-15)18-7-4-8-19(13-18)23(27)28/h1-13H,14H2. The van der Waals surface area contributed by atoms with Gasteiger partial charge in [-0.05, 0) is 23.8 Å². The van der Waals surface area contributed by atoms with Gasteiger partial charge in [0.15, 0.2) is 0 Å². The smallest absolute Gasteiger partial charge is 0.271 e. The minimum atomic E-state index is -0.545. The third kappa shape index (κ3) is 4.18. The van der Waals surface area contributed by atoms with E-state index >= 15 is 0 Å². The van der Waals surface area contributed by atoms with Crippen LogP contribution in [0.15, 0.2) is 78.9 Å². The van der Waals surface area contributed by atoms with Gasteiger partial charge in [-0.1, -0.05) is 36.4 Å². The van der Waals surface area contributed by atoms with Crippen LogP contribution in [0.1, 0.15) is 15.9 Å². The van der Waals surface area contributed by atoms with Crippen LogP contribution < -0.4 is 4.90 Å². The number of nitrogens with zero attached hydrogens (tertiary/aromatic N) is 3. The van der Waals surface area contributed by atoms with Gasteiger partial charge >= 0.3 is 0 Å². The fourth-order valence-corrected chi connectivity index (χ4v) is 2.70. The molecule has 8 nitrogen and oxygen atoms in total. The van der Waals surface area contributed by atoms with Gasteiger partial charge in [0.25, 0.3) is 17.3 Å². The molecule has 0 atom stereocenters. The highest BCUT2D eigenvalue weighted by molar-refractivity contribution is 6.06. The van der Waals surface area contributed by atoms with Crippen LogP contribution >= 0.6 is 0 Å². The van der Waals surface area contributed by atoms with Crippen LogP contribution in [0.25, 0.3) is 0 Å². The summed E-state index contributed by atoms with van der Waals surface area (Å²) in [6.07, 6.45) is 0. The molecule has 140 valence electrons. The fraction of sp³-hybridized carbons (Fsp3) is 0.0500. The van der Waals surface area contributed by atoms with Crippen LogP contribution in [-0.4, -0.2) is 15.8 Å². The number of nitro groups is 2. The predicted molar refractivity (Wildman–Crippen MR) is 103 cm³/mol. The van der Waals surface area contributed by atoms with Crippen molar-refractivity contribution in [3.63, 3.8) is 0 Å². The first-order chi connectivity index (χ1) is 13.5. The average Bonchev–Trinajstić information content (AvgIpc) is 2.72. The second-order valence-electron chi connectivity index (χ2n) is 5.96. The SMILES string of the molecule is O=C(c1ccc([N+](=O)[O-])cc1)N(Cc1ccccc1)c1cccc([N+](=O)[O-])c1. The Labute approximate surface area is 160 Å². The number of non-ortho nitro benzene ring substituents is 2. The van der Waals surface area contributed by atoms with Crippen molar-refractivity contribution >= 4 is 23.0 Å². The molecule has 0 fully saturated rings. The molecular weight excluding hydrogens is 362 g/mol. The first-order valence-corrected chi connectivity index (χ1v) is 8.30. The highest BCUT2D eigenvalue weighted by Gasteiger charge is 2.21. The zero-order valence-corrected chi connectivity index (χ0v) is 14.6. The molecule has 0 aliphatic rings. The molecule has 3 aromatic rings. The van der Waals surface area contributed by atoms with Crippen molar-refractivity contribution in [3.8, 4) is 0 Å².